The second-order valence-corrected chi connectivity index (χ2v) is 4.73. The van der Waals surface area contributed by atoms with E-state index in [4.69, 9.17) is 23.2 Å². The van der Waals surface area contributed by atoms with Gasteiger partial charge in [0.2, 0.25) is 0 Å². The molecule has 16 heavy (non-hydrogen) atoms. The van der Waals surface area contributed by atoms with E-state index in [1.54, 1.807) is 12.1 Å². The van der Waals surface area contributed by atoms with Crippen LogP contribution in [-0.2, 0) is 6.54 Å². The highest BCUT2D eigenvalue weighted by Gasteiger charge is 2.24. The van der Waals surface area contributed by atoms with Crippen molar-refractivity contribution in [3.8, 4) is 0 Å². The summed E-state index contributed by atoms with van der Waals surface area (Å²) >= 11 is 12.0. The highest BCUT2D eigenvalue weighted by atomic mass is 35.5. The number of nitrogens with zero attached hydrogens (tertiary/aromatic N) is 2. The number of nitrogens with one attached hydrogen (secondary N) is 1. The van der Waals surface area contributed by atoms with Crippen molar-refractivity contribution in [2.45, 2.75) is 19.5 Å². The Hall–Kier alpha value is -0.350. The van der Waals surface area contributed by atoms with E-state index in [9.17, 15) is 0 Å². The van der Waals surface area contributed by atoms with E-state index in [1.165, 1.54) is 0 Å². The fraction of sp³-hybridized carbons (Fsp3) is 0.545. The molecule has 1 aliphatic heterocycles. The molecule has 0 aliphatic carbocycles. The average Bonchev–Trinajstić information content (AvgIpc) is 2.19. The first-order valence-corrected chi connectivity index (χ1v) is 6.22. The van der Waals surface area contributed by atoms with Gasteiger partial charge >= 0.3 is 0 Å². The minimum atomic E-state index is 0.502. The molecule has 0 bridgehead atoms. The Morgan fingerprint density at radius 2 is 2.19 bits per heavy atom. The van der Waals surface area contributed by atoms with E-state index < -0.39 is 0 Å². The molecule has 0 saturated carbocycles. The molecule has 1 aromatic heterocycles. The first-order chi connectivity index (χ1) is 7.70. The van der Waals surface area contributed by atoms with Crippen LogP contribution in [0.1, 0.15) is 12.6 Å². The highest BCUT2D eigenvalue weighted by molar-refractivity contribution is 6.32. The number of hydrogen-bond donors (Lipinski definition) is 1. The maximum absolute atomic E-state index is 6.10. The molecule has 1 N–H and O–H groups in total. The molecule has 1 saturated heterocycles. The van der Waals surface area contributed by atoms with Crippen LogP contribution in [0.25, 0.3) is 0 Å². The summed E-state index contributed by atoms with van der Waals surface area (Å²) in [7, 11) is 0. The highest BCUT2D eigenvalue weighted by Crippen LogP contribution is 2.19. The van der Waals surface area contributed by atoms with Crippen molar-refractivity contribution in [1.82, 2.24) is 15.2 Å². The third-order valence-electron chi connectivity index (χ3n) is 2.92. The maximum Gasteiger partial charge on any atom is 0.129 e. The van der Waals surface area contributed by atoms with Gasteiger partial charge in [0, 0.05) is 25.7 Å². The largest absolute Gasteiger partial charge is 0.314 e. The smallest absolute Gasteiger partial charge is 0.129 e. The van der Waals surface area contributed by atoms with Crippen LogP contribution in [-0.4, -0.2) is 35.6 Å². The molecule has 1 fully saturated rings. The van der Waals surface area contributed by atoms with E-state index in [0.717, 1.165) is 31.9 Å². The van der Waals surface area contributed by atoms with Crippen molar-refractivity contribution in [1.29, 1.82) is 0 Å². The fourth-order valence-electron chi connectivity index (χ4n) is 1.79. The fourth-order valence-corrected chi connectivity index (χ4v) is 2.12. The van der Waals surface area contributed by atoms with Crippen LogP contribution in [0.4, 0.5) is 0 Å². The van der Waals surface area contributed by atoms with Gasteiger partial charge in [-0.3, -0.25) is 4.90 Å². The molecule has 1 aliphatic rings. The summed E-state index contributed by atoms with van der Waals surface area (Å²) in [5.74, 6) is 0. The topological polar surface area (TPSA) is 28.2 Å². The predicted octanol–water partition coefficient (Wildman–Crippen LogP) is 2.18. The van der Waals surface area contributed by atoms with Gasteiger partial charge < -0.3 is 5.32 Å². The Kier molecular flexibility index (Phi) is 4.03. The summed E-state index contributed by atoms with van der Waals surface area (Å²) in [4.78, 5) is 6.63. The van der Waals surface area contributed by atoms with Gasteiger partial charge in [0.25, 0.3) is 0 Å². The van der Waals surface area contributed by atoms with Crippen LogP contribution in [0.2, 0.25) is 10.2 Å². The zero-order valence-electron chi connectivity index (χ0n) is 9.21. The van der Waals surface area contributed by atoms with Gasteiger partial charge in [0.1, 0.15) is 5.15 Å². The Morgan fingerprint density at radius 1 is 1.44 bits per heavy atom. The summed E-state index contributed by atoms with van der Waals surface area (Å²) in [6, 6.07) is 4.12. The summed E-state index contributed by atoms with van der Waals surface area (Å²) < 4.78 is 0. The average molecular weight is 260 g/mol. The molecular weight excluding hydrogens is 245 g/mol. The van der Waals surface area contributed by atoms with Gasteiger partial charge in [-0.2, -0.15) is 0 Å². The molecular formula is C11H15Cl2N3. The Bertz CT molecular complexity index is 366. The molecule has 5 heteroatoms. The van der Waals surface area contributed by atoms with Crippen molar-refractivity contribution in [2.24, 2.45) is 0 Å². The number of aromatic nitrogens is 1. The van der Waals surface area contributed by atoms with Gasteiger partial charge in [0.15, 0.2) is 0 Å². The summed E-state index contributed by atoms with van der Waals surface area (Å²) in [5.41, 5.74) is 0.864. The van der Waals surface area contributed by atoms with Crippen LogP contribution < -0.4 is 5.32 Å². The quantitative estimate of drug-likeness (QED) is 0.841. The zero-order chi connectivity index (χ0) is 11.5. The van der Waals surface area contributed by atoms with Crippen LogP contribution in [0, 0.1) is 0 Å². The SMILES string of the molecule is CCN(Cc1nc(Cl)ccc1Cl)C1CNC1. The lowest BCUT2D eigenvalue weighted by Gasteiger charge is -2.37. The van der Waals surface area contributed by atoms with Gasteiger partial charge in [-0.1, -0.05) is 30.1 Å². The van der Waals surface area contributed by atoms with Crippen molar-refractivity contribution >= 4 is 23.2 Å². The Morgan fingerprint density at radius 3 is 2.75 bits per heavy atom. The molecule has 2 rings (SSSR count). The monoisotopic (exact) mass is 259 g/mol. The van der Waals surface area contributed by atoms with Crippen LogP contribution in [0.15, 0.2) is 12.1 Å². The van der Waals surface area contributed by atoms with E-state index in [-0.39, 0.29) is 0 Å². The summed E-state index contributed by atoms with van der Waals surface area (Å²) in [6.45, 7) is 6.01. The lowest BCUT2D eigenvalue weighted by molar-refractivity contribution is 0.143. The Balaban J connectivity index is 2.08. The maximum atomic E-state index is 6.10. The Labute approximate surface area is 106 Å². The van der Waals surface area contributed by atoms with E-state index in [0.29, 0.717) is 16.2 Å². The van der Waals surface area contributed by atoms with E-state index in [2.05, 4.69) is 22.1 Å². The molecule has 0 amide bonds. The van der Waals surface area contributed by atoms with Gasteiger partial charge in [-0.25, -0.2) is 4.98 Å². The van der Waals surface area contributed by atoms with Crippen molar-refractivity contribution in [2.75, 3.05) is 19.6 Å². The molecule has 0 spiro atoms. The number of halogens is 2. The second-order valence-electron chi connectivity index (χ2n) is 3.94. The zero-order valence-corrected chi connectivity index (χ0v) is 10.7. The molecule has 0 aromatic carbocycles. The molecule has 0 atom stereocenters. The van der Waals surface area contributed by atoms with Gasteiger partial charge in [-0.05, 0) is 18.7 Å². The van der Waals surface area contributed by atoms with E-state index >= 15 is 0 Å². The van der Waals surface area contributed by atoms with Crippen LogP contribution in [0.5, 0.6) is 0 Å². The third kappa shape index (κ3) is 2.66. The standard InChI is InChI=1S/C11H15Cl2N3/c1-2-16(8-5-14-6-8)7-10-9(12)3-4-11(13)15-10/h3-4,8,14H,2,5-7H2,1H3. The molecule has 0 unspecified atom stereocenters. The number of hydrogen-bond acceptors (Lipinski definition) is 3. The molecule has 0 radical (unpaired) electrons. The summed E-state index contributed by atoms with van der Waals surface area (Å²) in [6.07, 6.45) is 0. The second kappa shape index (κ2) is 5.32. The van der Waals surface area contributed by atoms with Crippen molar-refractivity contribution < 1.29 is 0 Å². The number of pyridine rings is 1. The van der Waals surface area contributed by atoms with Crippen molar-refractivity contribution in [3.05, 3.63) is 28.0 Å². The van der Waals surface area contributed by atoms with E-state index in [1.807, 2.05) is 0 Å². The van der Waals surface area contributed by atoms with Crippen LogP contribution >= 0.6 is 23.2 Å². The van der Waals surface area contributed by atoms with Gasteiger partial charge in [0.05, 0.1) is 10.7 Å². The van der Waals surface area contributed by atoms with Crippen LogP contribution in [0.3, 0.4) is 0 Å². The number of likely N-dealkylation sites (N-methyl/N-ethyl adjacent to an activating group) is 1. The minimum Gasteiger partial charge on any atom is -0.314 e. The lowest BCUT2D eigenvalue weighted by atomic mass is 10.1. The lowest BCUT2D eigenvalue weighted by Crippen LogP contribution is -2.56. The van der Waals surface area contributed by atoms with Crippen molar-refractivity contribution in [3.63, 3.8) is 0 Å². The molecule has 3 nitrogen and oxygen atoms in total. The third-order valence-corrected chi connectivity index (χ3v) is 3.47. The first kappa shape index (κ1) is 12.1. The summed E-state index contributed by atoms with van der Waals surface area (Å²) in [5, 5.41) is 4.46. The normalized spacial score (nSPS) is 16.5. The predicted molar refractivity (Wildman–Crippen MR) is 67.0 cm³/mol. The molecule has 88 valence electrons. The van der Waals surface area contributed by atoms with Gasteiger partial charge in [-0.15, -0.1) is 0 Å². The minimum absolute atomic E-state index is 0.502. The first-order valence-electron chi connectivity index (χ1n) is 5.46. The number of rotatable bonds is 4. The molecule has 2 heterocycles. The molecule has 1 aromatic rings.